The summed E-state index contributed by atoms with van der Waals surface area (Å²) >= 11 is 0. The van der Waals surface area contributed by atoms with Gasteiger partial charge in [-0.05, 0) is 49.1 Å². The molecule has 1 heterocycles. The molecule has 1 saturated heterocycles. The van der Waals surface area contributed by atoms with Crippen LogP contribution in [0.25, 0.3) is 0 Å². The molecule has 1 aliphatic rings. The molecule has 0 radical (unpaired) electrons. The van der Waals surface area contributed by atoms with E-state index in [4.69, 9.17) is 0 Å². The molecule has 2 aromatic rings. The summed E-state index contributed by atoms with van der Waals surface area (Å²) in [6.07, 6.45) is 3.86. The Morgan fingerprint density at radius 2 is 1.54 bits per heavy atom. The van der Waals surface area contributed by atoms with Crippen LogP contribution in [0.5, 0.6) is 0 Å². The lowest BCUT2D eigenvalue weighted by Gasteiger charge is -2.26. The third-order valence-electron chi connectivity index (χ3n) is 4.31. The van der Waals surface area contributed by atoms with Crippen LogP contribution < -0.4 is 5.32 Å². The molecule has 0 aromatic heterocycles. The average molecular weight is 322 g/mol. The van der Waals surface area contributed by atoms with Crippen molar-refractivity contribution in [3.63, 3.8) is 0 Å². The molecule has 2 amide bonds. The van der Waals surface area contributed by atoms with Crippen LogP contribution in [-0.2, 0) is 11.2 Å². The van der Waals surface area contributed by atoms with Gasteiger partial charge in [0.15, 0.2) is 0 Å². The number of anilines is 1. The van der Waals surface area contributed by atoms with Crippen molar-refractivity contribution in [2.75, 3.05) is 18.4 Å². The number of nitrogens with zero attached hydrogens (tertiary/aromatic N) is 1. The first-order valence-corrected chi connectivity index (χ1v) is 8.45. The van der Waals surface area contributed by atoms with Gasteiger partial charge in [-0.2, -0.15) is 0 Å². The monoisotopic (exact) mass is 322 g/mol. The summed E-state index contributed by atoms with van der Waals surface area (Å²) in [4.78, 5) is 26.3. The van der Waals surface area contributed by atoms with E-state index in [0.29, 0.717) is 12.0 Å². The zero-order chi connectivity index (χ0) is 16.8. The van der Waals surface area contributed by atoms with Crippen molar-refractivity contribution in [1.82, 2.24) is 4.90 Å². The van der Waals surface area contributed by atoms with Crippen molar-refractivity contribution < 1.29 is 9.59 Å². The quantitative estimate of drug-likeness (QED) is 0.936. The molecule has 4 nitrogen and oxygen atoms in total. The highest BCUT2D eigenvalue weighted by molar-refractivity contribution is 6.04. The molecule has 1 fully saturated rings. The van der Waals surface area contributed by atoms with Crippen molar-refractivity contribution in [2.45, 2.75) is 25.7 Å². The Morgan fingerprint density at radius 3 is 2.21 bits per heavy atom. The summed E-state index contributed by atoms with van der Waals surface area (Å²) in [5.41, 5.74) is 2.34. The first-order chi connectivity index (χ1) is 11.7. The number of likely N-dealkylation sites (tertiary alicyclic amines) is 1. The van der Waals surface area contributed by atoms with Crippen molar-refractivity contribution in [3.05, 3.63) is 65.7 Å². The molecule has 2 aromatic carbocycles. The molecule has 124 valence electrons. The lowest BCUT2D eigenvalue weighted by atomic mass is 10.1. The molecule has 1 N–H and O–H groups in total. The Morgan fingerprint density at radius 1 is 0.875 bits per heavy atom. The van der Waals surface area contributed by atoms with Gasteiger partial charge < -0.3 is 10.2 Å². The van der Waals surface area contributed by atoms with Gasteiger partial charge in [0.2, 0.25) is 5.91 Å². The Hall–Kier alpha value is -2.62. The van der Waals surface area contributed by atoms with Crippen molar-refractivity contribution in [1.29, 1.82) is 0 Å². The van der Waals surface area contributed by atoms with E-state index >= 15 is 0 Å². The van der Waals surface area contributed by atoms with Crippen molar-refractivity contribution >= 4 is 17.5 Å². The second kappa shape index (κ2) is 7.77. The molecular formula is C20H22N2O2. The number of carbonyl (C=O) groups excluding carboxylic acids is 2. The van der Waals surface area contributed by atoms with E-state index in [0.717, 1.165) is 37.2 Å². The predicted molar refractivity (Wildman–Crippen MR) is 95.0 cm³/mol. The molecule has 4 heteroatoms. The van der Waals surface area contributed by atoms with E-state index < -0.39 is 0 Å². The molecule has 24 heavy (non-hydrogen) atoms. The molecule has 3 rings (SSSR count). The highest BCUT2D eigenvalue weighted by atomic mass is 16.2. The first-order valence-electron chi connectivity index (χ1n) is 8.45. The van der Waals surface area contributed by atoms with Gasteiger partial charge in [0, 0.05) is 24.3 Å². The maximum Gasteiger partial charge on any atom is 0.255 e. The number of piperidine rings is 1. The Labute approximate surface area is 142 Å². The zero-order valence-corrected chi connectivity index (χ0v) is 13.7. The maximum atomic E-state index is 12.3. The highest BCUT2D eigenvalue weighted by Crippen LogP contribution is 2.14. The van der Waals surface area contributed by atoms with Gasteiger partial charge in [0.25, 0.3) is 5.91 Å². The van der Waals surface area contributed by atoms with Gasteiger partial charge in [-0.25, -0.2) is 0 Å². The number of rotatable bonds is 4. The fourth-order valence-corrected chi connectivity index (χ4v) is 2.93. The van der Waals surface area contributed by atoms with Gasteiger partial charge in [-0.15, -0.1) is 0 Å². The van der Waals surface area contributed by atoms with Crippen LogP contribution in [0.2, 0.25) is 0 Å². The lowest BCUT2D eigenvalue weighted by molar-refractivity contribution is -0.131. The smallest absolute Gasteiger partial charge is 0.255 e. The molecule has 1 aliphatic heterocycles. The molecule has 0 unspecified atom stereocenters. The summed E-state index contributed by atoms with van der Waals surface area (Å²) in [6.45, 7) is 1.76. The van der Waals surface area contributed by atoms with E-state index in [2.05, 4.69) is 5.32 Å². The largest absolute Gasteiger partial charge is 0.342 e. The highest BCUT2D eigenvalue weighted by Gasteiger charge is 2.16. The molecular weight excluding hydrogens is 300 g/mol. The fourth-order valence-electron chi connectivity index (χ4n) is 2.93. The number of carbonyl (C=O) groups is 2. The normalized spacial score (nSPS) is 14.2. The van der Waals surface area contributed by atoms with E-state index in [1.165, 1.54) is 6.42 Å². The number of hydrogen-bond donors (Lipinski definition) is 1. The zero-order valence-electron chi connectivity index (χ0n) is 13.7. The lowest BCUT2D eigenvalue weighted by Crippen LogP contribution is -2.36. The predicted octanol–water partition coefficient (Wildman–Crippen LogP) is 3.49. The summed E-state index contributed by atoms with van der Waals surface area (Å²) in [5.74, 6) is 0.0588. The topological polar surface area (TPSA) is 49.4 Å². The SMILES string of the molecule is O=C(Nc1ccc(CC(=O)N2CCCCC2)cc1)c1ccccc1. The van der Waals surface area contributed by atoms with E-state index in [-0.39, 0.29) is 11.8 Å². The molecule has 0 spiro atoms. The first kappa shape index (κ1) is 16.2. The summed E-state index contributed by atoms with van der Waals surface area (Å²) in [6, 6.07) is 16.6. The van der Waals surface area contributed by atoms with Crippen molar-refractivity contribution in [3.8, 4) is 0 Å². The van der Waals surface area contributed by atoms with Crippen LogP contribution >= 0.6 is 0 Å². The van der Waals surface area contributed by atoms with Crippen LogP contribution in [0.4, 0.5) is 5.69 Å². The molecule has 0 bridgehead atoms. The minimum atomic E-state index is -0.132. The fraction of sp³-hybridized carbons (Fsp3) is 0.300. The van der Waals surface area contributed by atoms with Crippen LogP contribution in [0.3, 0.4) is 0 Å². The van der Waals surface area contributed by atoms with E-state index in [1.807, 2.05) is 47.4 Å². The maximum absolute atomic E-state index is 12.3. The van der Waals surface area contributed by atoms with E-state index in [1.54, 1.807) is 12.1 Å². The van der Waals surface area contributed by atoms with Crippen LogP contribution in [-0.4, -0.2) is 29.8 Å². The van der Waals surface area contributed by atoms with Gasteiger partial charge in [0.1, 0.15) is 0 Å². The van der Waals surface area contributed by atoms with Gasteiger partial charge in [-0.3, -0.25) is 9.59 Å². The minimum absolute atomic E-state index is 0.132. The Balaban J connectivity index is 1.57. The Kier molecular flexibility index (Phi) is 5.26. The minimum Gasteiger partial charge on any atom is -0.342 e. The third kappa shape index (κ3) is 4.22. The van der Waals surface area contributed by atoms with Crippen LogP contribution in [0.15, 0.2) is 54.6 Å². The third-order valence-corrected chi connectivity index (χ3v) is 4.31. The summed E-state index contributed by atoms with van der Waals surface area (Å²) in [5, 5.41) is 2.87. The summed E-state index contributed by atoms with van der Waals surface area (Å²) < 4.78 is 0. The van der Waals surface area contributed by atoms with E-state index in [9.17, 15) is 9.59 Å². The van der Waals surface area contributed by atoms with Crippen LogP contribution in [0, 0.1) is 0 Å². The van der Waals surface area contributed by atoms with Gasteiger partial charge in [0.05, 0.1) is 6.42 Å². The molecule has 0 saturated carbocycles. The van der Waals surface area contributed by atoms with Gasteiger partial charge >= 0.3 is 0 Å². The number of benzene rings is 2. The van der Waals surface area contributed by atoms with Crippen molar-refractivity contribution in [2.24, 2.45) is 0 Å². The Bertz CT molecular complexity index is 689. The van der Waals surface area contributed by atoms with Crippen LogP contribution in [0.1, 0.15) is 35.2 Å². The number of hydrogen-bond acceptors (Lipinski definition) is 2. The molecule has 0 atom stereocenters. The number of amides is 2. The standard InChI is InChI=1S/C20H22N2O2/c23-19(22-13-5-2-6-14-22)15-16-9-11-18(12-10-16)21-20(24)17-7-3-1-4-8-17/h1,3-4,7-12H,2,5-6,13-15H2,(H,21,24). The van der Waals surface area contributed by atoms with Gasteiger partial charge in [-0.1, -0.05) is 30.3 Å². The summed E-state index contributed by atoms with van der Waals surface area (Å²) in [7, 11) is 0. The second-order valence-corrected chi connectivity index (χ2v) is 6.14. The second-order valence-electron chi connectivity index (χ2n) is 6.14. The average Bonchev–Trinajstić information content (AvgIpc) is 2.65. The number of nitrogens with one attached hydrogen (secondary N) is 1. The molecule has 0 aliphatic carbocycles.